The van der Waals surface area contributed by atoms with Gasteiger partial charge in [-0.3, -0.25) is 0 Å². The van der Waals surface area contributed by atoms with Gasteiger partial charge in [-0.05, 0) is 57.4 Å². The molecule has 0 radical (unpaired) electrons. The van der Waals surface area contributed by atoms with Gasteiger partial charge in [-0.25, -0.2) is 0 Å². The van der Waals surface area contributed by atoms with Crippen LogP contribution in [-0.4, -0.2) is 24.3 Å². The van der Waals surface area contributed by atoms with Crippen molar-refractivity contribution < 1.29 is 5.11 Å². The van der Waals surface area contributed by atoms with E-state index < -0.39 is 5.60 Å². The molecule has 0 bridgehead atoms. The Hall–Kier alpha value is -1.02. The normalized spacial score (nSPS) is 11.7. The van der Waals surface area contributed by atoms with E-state index in [1.165, 1.54) is 22.4 Å². The van der Waals surface area contributed by atoms with E-state index in [9.17, 15) is 5.11 Å². The lowest BCUT2D eigenvalue weighted by molar-refractivity contribution is 0.0886. The molecule has 16 heavy (non-hydrogen) atoms. The molecule has 0 aromatic heterocycles. The van der Waals surface area contributed by atoms with E-state index in [0.717, 1.165) is 0 Å². The molecular weight excluding hydrogens is 198 g/mol. The first-order valence-corrected chi connectivity index (χ1v) is 5.72. The van der Waals surface area contributed by atoms with Crippen molar-refractivity contribution in [1.29, 1.82) is 0 Å². The van der Waals surface area contributed by atoms with Gasteiger partial charge < -0.3 is 10.0 Å². The number of rotatable bonds is 3. The van der Waals surface area contributed by atoms with E-state index in [0.29, 0.717) is 6.54 Å². The summed E-state index contributed by atoms with van der Waals surface area (Å²) in [5, 5.41) is 9.82. The quantitative estimate of drug-likeness (QED) is 0.848. The Morgan fingerprint density at radius 1 is 1.06 bits per heavy atom. The first-order chi connectivity index (χ1) is 7.20. The maximum Gasteiger partial charge on any atom is 0.0765 e. The second kappa shape index (κ2) is 4.46. The molecular formula is C14H23NO. The minimum absolute atomic E-state index is 0.635. The van der Waals surface area contributed by atoms with Crippen LogP contribution in [-0.2, 0) is 0 Å². The fourth-order valence-electron chi connectivity index (χ4n) is 2.02. The SMILES string of the molecule is Cc1cc(C)c(N(C)CC(C)(C)O)cc1C. The maximum atomic E-state index is 9.82. The molecule has 0 unspecified atom stereocenters. The second-order valence-corrected chi connectivity index (χ2v) is 5.39. The average Bonchev–Trinajstić information content (AvgIpc) is 2.08. The van der Waals surface area contributed by atoms with Crippen LogP contribution >= 0.6 is 0 Å². The zero-order valence-electron chi connectivity index (χ0n) is 11.3. The molecule has 1 aromatic carbocycles. The molecule has 0 amide bonds. The molecule has 0 fully saturated rings. The lowest BCUT2D eigenvalue weighted by Crippen LogP contribution is -2.36. The predicted octanol–water partition coefficient (Wildman–Crippen LogP) is 2.82. The summed E-state index contributed by atoms with van der Waals surface area (Å²) in [5.41, 5.74) is 4.40. The number of nitrogens with zero attached hydrogens (tertiary/aromatic N) is 1. The molecule has 90 valence electrons. The van der Waals surface area contributed by atoms with Crippen molar-refractivity contribution >= 4 is 5.69 Å². The third-order valence-corrected chi connectivity index (χ3v) is 2.85. The molecule has 0 aliphatic rings. The van der Waals surface area contributed by atoms with Gasteiger partial charge in [0.1, 0.15) is 0 Å². The third-order valence-electron chi connectivity index (χ3n) is 2.85. The molecule has 2 nitrogen and oxygen atoms in total. The lowest BCUT2D eigenvalue weighted by Gasteiger charge is -2.29. The number of likely N-dealkylation sites (N-methyl/N-ethyl adjacent to an activating group) is 1. The van der Waals surface area contributed by atoms with Crippen LogP contribution in [0.1, 0.15) is 30.5 Å². The summed E-state index contributed by atoms with van der Waals surface area (Å²) < 4.78 is 0. The number of benzene rings is 1. The standard InChI is InChI=1S/C14H23NO/c1-10-7-12(3)13(8-11(10)2)15(6)9-14(4,5)16/h7-8,16H,9H2,1-6H3. The van der Waals surface area contributed by atoms with Gasteiger partial charge in [0.2, 0.25) is 0 Å². The fourth-order valence-corrected chi connectivity index (χ4v) is 2.02. The average molecular weight is 221 g/mol. The number of hydrogen-bond donors (Lipinski definition) is 1. The number of anilines is 1. The highest BCUT2D eigenvalue weighted by Gasteiger charge is 2.17. The summed E-state index contributed by atoms with van der Waals surface area (Å²) in [6, 6.07) is 4.39. The molecule has 1 aromatic rings. The van der Waals surface area contributed by atoms with Gasteiger partial charge in [-0.15, -0.1) is 0 Å². The number of hydrogen-bond acceptors (Lipinski definition) is 2. The molecule has 0 aliphatic carbocycles. The summed E-state index contributed by atoms with van der Waals surface area (Å²) in [6.07, 6.45) is 0. The zero-order valence-corrected chi connectivity index (χ0v) is 11.3. The minimum Gasteiger partial charge on any atom is -0.389 e. The summed E-state index contributed by atoms with van der Waals surface area (Å²) in [7, 11) is 2.02. The molecule has 0 heterocycles. The molecule has 0 aliphatic heterocycles. The Labute approximate surface area is 98.9 Å². The van der Waals surface area contributed by atoms with Crippen LogP contribution in [0.25, 0.3) is 0 Å². The van der Waals surface area contributed by atoms with E-state index in [4.69, 9.17) is 0 Å². The Balaban J connectivity index is 3.00. The van der Waals surface area contributed by atoms with Gasteiger partial charge in [-0.2, -0.15) is 0 Å². The largest absolute Gasteiger partial charge is 0.389 e. The Morgan fingerprint density at radius 3 is 2.06 bits per heavy atom. The van der Waals surface area contributed by atoms with E-state index in [1.54, 1.807) is 0 Å². The van der Waals surface area contributed by atoms with Crippen molar-refractivity contribution in [3.63, 3.8) is 0 Å². The number of aryl methyl sites for hydroxylation is 3. The zero-order chi connectivity index (χ0) is 12.5. The van der Waals surface area contributed by atoms with Crippen LogP contribution in [0, 0.1) is 20.8 Å². The highest BCUT2D eigenvalue weighted by atomic mass is 16.3. The van der Waals surface area contributed by atoms with E-state index in [1.807, 2.05) is 20.9 Å². The molecule has 0 spiro atoms. The van der Waals surface area contributed by atoms with Crippen LogP contribution in [0.5, 0.6) is 0 Å². The monoisotopic (exact) mass is 221 g/mol. The summed E-state index contributed by atoms with van der Waals surface area (Å²) in [4.78, 5) is 2.11. The topological polar surface area (TPSA) is 23.5 Å². The smallest absolute Gasteiger partial charge is 0.0765 e. The lowest BCUT2D eigenvalue weighted by atomic mass is 10.0. The van der Waals surface area contributed by atoms with Crippen molar-refractivity contribution in [3.05, 3.63) is 28.8 Å². The molecule has 0 saturated heterocycles. The van der Waals surface area contributed by atoms with Gasteiger partial charge in [0.25, 0.3) is 0 Å². The van der Waals surface area contributed by atoms with Crippen LogP contribution in [0.4, 0.5) is 5.69 Å². The second-order valence-electron chi connectivity index (χ2n) is 5.39. The van der Waals surface area contributed by atoms with Gasteiger partial charge >= 0.3 is 0 Å². The van der Waals surface area contributed by atoms with E-state index >= 15 is 0 Å². The molecule has 0 atom stereocenters. The van der Waals surface area contributed by atoms with Crippen LogP contribution < -0.4 is 4.90 Å². The van der Waals surface area contributed by atoms with Crippen molar-refractivity contribution in [3.8, 4) is 0 Å². The van der Waals surface area contributed by atoms with Crippen molar-refractivity contribution in [1.82, 2.24) is 0 Å². The third kappa shape index (κ3) is 3.24. The van der Waals surface area contributed by atoms with Gasteiger partial charge in [0.05, 0.1) is 5.60 Å². The van der Waals surface area contributed by atoms with Crippen molar-refractivity contribution in [2.75, 3.05) is 18.5 Å². The van der Waals surface area contributed by atoms with Crippen LogP contribution in [0.2, 0.25) is 0 Å². The van der Waals surface area contributed by atoms with Crippen molar-refractivity contribution in [2.24, 2.45) is 0 Å². The Kier molecular flexibility index (Phi) is 3.64. The maximum absolute atomic E-state index is 9.82. The Morgan fingerprint density at radius 2 is 1.56 bits per heavy atom. The molecule has 2 heteroatoms. The van der Waals surface area contributed by atoms with E-state index in [2.05, 4.69) is 37.8 Å². The number of aliphatic hydroxyl groups is 1. The van der Waals surface area contributed by atoms with Crippen LogP contribution in [0.3, 0.4) is 0 Å². The first-order valence-electron chi connectivity index (χ1n) is 5.72. The fraction of sp³-hybridized carbons (Fsp3) is 0.571. The molecule has 1 rings (SSSR count). The Bertz CT molecular complexity index is 377. The molecule has 1 N–H and O–H groups in total. The van der Waals surface area contributed by atoms with Crippen LogP contribution in [0.15, 0.2) is 12.1 Å². The van der Waals surface area contributed by atoms with Gasteiger partial charge in [-0.1, -0.05) is 6.07 Å². The highest BCUT2D eigenvalue weighted by Crippen LogP contribution is 2.24. The van der Waals surface area contributed by atoms with Crippen molar-refractivity contribution in [2.45, 2.75) is 40.2 Å². The summed E-state index contributed by atoms with van der Waals surface area (Å²) in [5.74, 6) is 0. The summed E-state index contributed by atoms with van der Waals surface area (Å²) >= 11 is 0. The first kappa shape index (κ1) is 13.0. The summed E-state index contributed by atoms with van der Waals surface area (Å²) in [6.45, 7) is 10.7. The van der Waals surface area contributed by atoms with Gasteiger partial charge in [0.15, 0.2) is 0 Å². The van der Waals surface area contributed by atoms with Gasteiger partial charge in [0, 0.05) is 19.3 Å². The minimum atomic E-state index is -0.667. The highest BCUT2D eigenvalue weighted by molar-refractivity contribution is 5.56. The molecule has 0 saturated carbocycles. The predicted molar refractivity (Wildman–Crippen MR) is 70.2 cm³/mol. The van der Waals surface area contributed by atoms with E-state index in [-0.39, 0.29) is 0 Å².